The van der Waals surface area contributed by atoms with Gasteiger partial charge in [-0.25, -0.2) is 0 Å². The monoisotopic (exact) mass is 346 g/mol. The Kier molecular flexibility index (Phi) is 24.9. The number of hydrogen-bond acceptors (Lipinski definition) is 3. The Hall–Kier alpha value is -0.120. The van der Waals surface area contributed by atoms with Crippen molar-refractivity contribution in [3.05, 3.63) is 0 Å². The summed E-state index contributed by atoms with van der Waals surface area (Å²) in [6.45, 7) is 12.1. The quantitative estimate of drug-likeness (QED) is 0.510. The van der Waals surface area contributed by atoms with E-state index in [1.807, 2.05) is 0 Å². The van der Waals surface area contributed by atoms with Crippen molar-refractivity contribution < 1.29 is 14.6 Å². The molecule has 1 rings (SSSR count). The van der Waals surface area contributed by atoms with Gasteiger partial charge >= 0.3 is 0 Å². The van der Waals surface area contributed by atoms with Gasteiger partial charge < -0.3 is 14.6 Å². The van der Waals surface area contributed by atoms with Gasteiger partial charge in [0.25, 0.3) is 0 Å². The predicted octanol–water partition coefficient (Wildman–Crippen LogP) is 5.84. The van der Waals surface area contributed by atoms with Gasteiger partial charge in [0.05, 0.1) is 0 Å². The molecule has 0 radical (unpaired) electrons. The maximum atomic E-state index is 8.75. The van der Waals surface area contributed by atoms with Gasteiger partial charge in [0.1, 0.15) is 0 Å². The summed E-state index contributed by atoms with van der Waals surface area (Å²) in [4.78, 5) is 0. The summed E-state index contributed by atoms with van der Waals surface area (Å²) in [6, 6.07) is 0. The van der Waals surface area contributed by atoms with Crippen molar-refractivity contribution in [3.63, 3.8) is 0 Å². The van der Waals surface area contributed by atoms with Crippen LogP contribution in [0.1, 0.15) is 91.9 Å². The lowest BCUT2D eigenvalue weighted by molar-refractivity contribution is 0.144. The lowest BCUT2D eigenvalue weighted by atomic mass is 10.0. The second-order valence-electron chi connectivity index (χ2n) is 6.79. The van der Waals surface area contributed by atoms with Crippen LogP contribution < -0.4 is 0 Å². The summed E-state index contributed by atoms with van der Waals surface area (Å²) >= 11 is 0. The number of unbranched alkanes of at least 4 members (excludes halogenated alkanes) is 2. The van der Waals surface area contributed by atoms with E-state index in [2.05, 4.69) is 27.7 Å². The van der Waals surface area contributed by atoms with E-state index in [1.54, 1.807) is 7.11 Å². The van der Waals surface area contributed by atoms with Gasteiger partial charge in [-0.05, 0) is 37.5 Å². The molecular formula is C21H46O3. The minimum atomic E-state index is 0.372. The maximum Gasteiger partial charge on any atom is 0.0490 e. The molecule has 1 N–H and O–H groups in total. The molecule has 1 aliphatic rings. The Morgan fingerprint density at radius 1 is 0.875 bits per heavy atom. The molecule has 1 saturated heterocycles. The Morgan fingerprint density at radius 2 is 1.38 bits per heavy atom. The van der Waals surface area contributed by atoms with Gasteiger partial charge in [-0.1, -0.05) is 66.2 Å². The zero-order valence-corrected chi connectivity index (χ0v) is 17.3. The molecular weight excluding hydrogens is 300 g/mol. The zero-order valence-electron chi connectivity index (χ0n) is 17.3. The minimum Gasteiger partial charge on any atom is -0.396 e. The first kappa shape index (κ1) is 26.1. The summed E-state index contributed by atoms with van der Waals surface area (Å²) < 4.78 is 10.0. The van der Waals surface area contributed by atoms with Crippen molar-refractivity contribution in [2.75, 3.05) is 33.5 Å². The van der Waals surface area contributed by atoms with Gasteiger partial charge in [-0.2, -0.15) is 0 Å². The van der Waals surface area contributed by atoms with Crippen molar-refractivity contribution >= 4 is 0 Å². The number of aliphatic hydroxyl groups excluding tert-OH is 1. The van der Waals surface area contributed by atoms with Gasteiger partial charge in [0.2, 0.25) is 0 Å². The molecule has 1 aliphatic heterocycles. The first-order valence-electron chi connectivity index (χ1n) is 10.4. The molecule has 2 atom stereocenters. The summed E-state index contributed by atoms with van der Waals surface area (Å²) in [5.41, 5.74) is 0. The Morgan fingerprint density at radius 3 is 1.67 bits per heavy atom. The smallest absolute Gasteiger partial charge is 0.0490 e. The fourth-order valence-electron chi connectivity index (χ4n) is 2.56. The summed E-state index contributed by atoms with van der Waals surface area (Å²) in [7, 11) is 1.79. The number of hydrogen-bond donors (Lipinski definition) is 1. The van der Waals surface area contributed by atoms with Crippen LogP contribution in [0.3, 0.4) is 0 Å². The lowest BCUT2D eigenvalue weighted by Crippen LogP contribution is -2.06. The third-order valence-corrected chi connectivity index (χ3v) is 4.57. The topological polar surface area (TPSA) is 38.7 Å². The molecule has 24 heavy (non-hydrogen) atoms. The van der Waals surface area contributed by atoms with Crippen molar-refractivity contribution in [2.45, 2.75) is 91.9 Å². The second kappa shape index (κ2) is 22.9. The molecule has 0 aromatic rings. The van der Waals surface area contributed by atoms with E-state index in [9.17, 15) is 0 Å². The molecule has 0 aromatic carbocycles. The van der Waals surface area contributed by atoms with Crippen LogP contribution in [0.25, 0.3) is 0 Å². The van der Waals surface area contributed by atoms with Crippen LogP contribution >= 0.6 is 0 Å². The first-order valence-corrected chi connectivity index (χ1v) is 10.4. The molecule has 0 aromatic heterocycles. The third-order valence-electron chi connectivity index (χ3n) is 4.57. The number of rotatable bonds is 11. The van der Waals surface area contributed by atoms with E-state index in [-0.39, 0.29) is 0 Å². The first-order chi connectivity index (χ1) is 11.7. The molecule has 1 fully saturated rings. The molecule has 0 saturated carbocycles. The van der Waals surface area contributed by atoms with E-state index in [1.165, 1.54) is 57.8 Å². The van der Waals surface area contributed by atoms with Crippen LogP contribution in [0, 0.1) is 11.8 Å². The summed E-state index contributed by atoms with van der Waals surface area (Å²) in [5, 5.41) is 8.75. The van der Waals surface area contributed by atoms with Crippen LogP contribution in [-0.2, 0) is 9.47 Å². The summed E-state index contributed by atoms with van der Waals surface area (Å²) in [6.07, 6.45) is 12.6. The molecule has 3 nitrogen and oxygen atoms in total. The van der Waals surface area contributed by atoms with Gasteiger partial charge in [0.15, 0.2) is 0 Å². The summed E-state index contributed by atoms with van der Waals surface area (Å²) in [5.74, 6) is 1.36. The van der Waals surface area contributed by atoms with Crippen LogP contribution in [0.15, 0.2) is 0 Å². The van der Waals surface area contributed by atoms with Crippen LogP contribution in [-0.4, -0.2) is 38.6 Å². The van der Waals surface area contributed by atoms with Crippen molar-refractivity contribution in [2.24, 2.45) is 11.8 Å². The SMILES string of the molecule is C1CCOC1.CCCCC(CC)CO.CCCCC(CC)COC. The Balaban J connectivity index is 0. The molecule has 1 heterocycles. The Bertz CT molecular complexity index is 194. The highest BCUT2D eigenvalue weighted by Gasteiger charge is 2.03. The zero-order chi connectivity index (χ0) is 18.5. The normalized spacial score (nSPS) is 15.8. The van der Waals surface area contributed by atoms with E-state index in [0.29, 0.717) is 12.5 Å². The molecule has 0 aliphatic carbocycles. The Labute approximate surface area is 152 Å². The van der Waals surface area contributed by atoms with Crippen molar-refractivity contribution in [3.8, 4) is 0 Å². The number of methoxy groups -OCH3 is 1. The van der Waals surface area contributed by atoms with E-state index in [0.717, 1.165) is 32.2 Å². The fraction of sp³-hybridized carbons (Fsp3) is 1.00. The van der Waals surface area contributed by atoms with Gasteiger partial charge in [-0.3, -0.25) is 0 Å². The van der Waals surface area contributed by atoms with Crippen molar-refractivity contribution in [1.29, 1.82) is 0 Å². The van der Waals surface area contributed by atoms with E-state index < -0.39 is 0 Å². The standard InChI is InChI=1S/C9H20O.C8H18O.C4H8O/c1-4-6-7-9(5-2)8-10-3;1-3-5-6-8(4-2)7-9;1-2-4-5-3-1/h9H,4-8H2,1-3H3;8-9H,3-7H2,1-2H3;1-4H2. The van der Waals surface area contributed by atoms with E-state index >= 15 is 0 Å². The van der Waals surface area contributed by atoms with Crippen LogP contribution in [0.2, 0.25) is 0 Å². The van der Waals surface area contributed by atoms with E-state index in [4.69, 9.17) is 14.6 Å². The average Bonchev–Trinajstić information content (AvgIpc) is 3.20. The van der Waals surface area contributed by atoms with Gasteiger partial charge in [-0.15, -0.1) is 0 Å². The molecule has 0 amide bonds. The molecule has 0 bridgehead atoms. The van der Waals surface area contributed by atoms with Crippen LogP contribution in [0.4, 0.5) is 0 Å². The predicted molar refractivity (Wildman–Crippen MR) is 106 cm³/mol. The number of ether oxygens (including phenoxy) is 2. The van der Waals surface area contributed by atoms with Crippen LogP contribution in [0.5, 0.6) is 0 Å². The maximum absolute atomic E-state index is 8.75. The minimum absolute atomic E-state index is 0.372. The number of aliphatic hydroxyl groups is 1. The van der Waals surface area contributed by atoms with Gasteiger partial charge in [0, 0.05) is 33.5 Å². The van der Waals surface area contributed by atoms with Crippen molar-refractivity contribution in [1.82, 2.24) is 0 Å². The third kappa shape index (κ3) is 19.9. The highest BCUT2D eigenvalue weighted by Crippen LogP contribution is 2.12. The molecule has 148 valence electrons. The second-order valence-corrected chi connectivity index (χ2v) is 6.79. The average molecular weight is 347 g/mol. The fourth-order valence-corrected chi connectivity index (χ4v) is 2.56. The molecule has 2 unspecified atom stereocenters. The largest absolute Gasteiger partial charge is 0.396 e. The highest BCUT2D eigenvalue weighted by atomic mass is 16.5. The highest BCUT2D eigenvalue weighted by molar-refractivity contribution is 4.55. The lowest BCUT2D eigenvalue weighted by Gasteiger charge is -2.11. The molecule has 3 heteroatoms. The molecule has 0 spiro atoms.